The van der Waals surface area contributed by atoms with Crippen molar-refractivity contribution in [1.29, 1.82) is 0 Å². The summed E-state index contributed by atoms with van der Waals surface area (Å²) in [6.45, 7) is 0. The Morgan fingerprint density at radius 3 is 1.76 bits per heavy atom. The van der Waals surface area contributed by atoms with Gasteiger partial charge in [0.25, 0.3) is 0 Å². The van der Waals surface area contributed by atoms with E-state index in [0.29, 0.717) is 0 Å². The molecule has 232 valence electrons. The molecule has 0 aliphatic heterocycles. The predicted molar refractivity (Wildman–Crippen MR) is 204 cm³/mol. The van der Waals surface area contributed by atoms with Gasteiger partial charge in [-0.15, -0.1) is 0 Å². The van der Waals surface area contributed by atoms with Gasteiger partial charge < -0.3 is 4.42 Å². The van der Waals surface area contributed by atoms with Crippen molar-refractivity contribution in [2.75, 3.05) is 0 Å². The number of pyridine rings is 1. The van der Waals surface area contributed by atoms with Crippen molar-refractivity contribution in [3.63, 3.8) is 0 Å². The van der Waals surface area contributed by atoms with E-state index < -0.39 is 5.41 Å². The zero-order valence-electron chi connectivity index (χ0n) is 27.1. The molecule has 7 aromatic carbocycles. The number of hydrogen-bond donors (Lipinski definition) is 0. The Balaban J connectivity index is 1.21. The van der Waals surface area contributed by atoms with Crippen molar-refractivity contribution < 1.29 is 4.42 Å². The normalized spacial score (nSPS) is 13.4. The van der Waals surface area contributed by atoms with E-state index in [1.165, 1.54) is 55.6 Å². The molecule has 0 fully saturated rings. The average molecular weight is 636 g/mol. The lowest BCUT2D eigenvalue weighted by atomic mass is 9.68. The molecule has 2 aliphatic rings. The van der Waals surface area contributed by atoms with Crippen LogP contribution in [0.5, 0.6) is 0 Å². The minimum atomic E-state index is -0.564. The fourth-order valence-electron chi connectivity index (χ4n) is 8.89. The standard InChI is InChI=1S/C48H29NO/c1-2-13-30(14-3-1)31-25-27-32(28-26-31)39-29-43(49-42-23-10-6-17-35(39)42)36-19-12-20-38-45(36)48(46-37-18-7-11-24-44(37)50-47(38)46)40-21-8-4-15-33(40)34-16-5-9-22-41(34)48/h1-29H. The highest BCUT2D eigenvalue weighted by Crippen LogP contribution is 2.66. The zero-order valence-corrected chi connectivity index (χ0v) is 27.1. The fraction of sp³-hybridized carbons (Fsp3) is 0.0208. The molecular weight excluding hydrogens is 607 g/mol. The van der Waals surface area contributed by atoms with Crippen LogP contribution in [0.2, 0.25) is 0 Å². The monoisotopic (exact) mass is 635 g/mol. The summed E-state index contributed by atoms with van der Waals surface area (Å²) >= 11 is 0. The number of rotatable bonds is 3. The van der Waals surface area contributed by atoms with E-state index in [4.69, 9.17) is 9.40 Å². The van der Waals surface area contributed by atoms with Crippen molar-refractivity contribution in [2.45, 2.75) is 5.41 Å². The zero-order chi connectivity index (χ0) is 32.8. The lowest BCUT2D eigenvalue weighted by molar-refractivity contribution is 0.628. The molecule has 0 saturated carbocycles. The summed E-state index contributed by atoms with van der Waals surface area (Å²) in [6.07, 6.45) is 0. The Kier molecular flexibility index (Phi) is 5.62. The average Bonchev–Trinajstić information content (AvgIpc) is 3.82. The van der Waals surface area contributed by atoms with Gasteiger partial charge in [-0.2, -0.15) is 0 Å². The van der Waals surface area contributed by atoms with Crippen LogP contribution in [0.4, 0.5) is 0 Å². The van der Waals surface area contributed by atoms with Gasteiger partial charge in [-0.3, -0.25) is 0 Å². The molecule has 2 aromatic heterocycles. The van der Waals surface area contributed by atoms with Crippen LogP contribution in [0.15, 0.2) is 180 Å². The van der Waals surface area contributed by atoms with Crippen molar-refractivity contribution in [3.8, 4) is 56.0 Å². The Bertz CT molecular complexity index is 2760. The van der Waals surface area contributed by atoms with E-state index in [1.54, 1.807) is 0 Å². The second-order valence-corrected chi connectivity index (χ2v) is 13.4. The SMILES string of the molecule is c1ccc(-c2ccc(-c3cc(-c4cccc5c4C4(c6ccccc6-c6ccccc64)c4c-5oc5ccccc45)nc4ccccc34)cc2)cc1. The largest absolute Gasteiger partial charge is 0.456 e. The van der Waals surface area contributed by atoms with Crippen molar-refractivity contribution >= 4 is 21.9 Å². The van der Waals surface area contributed by atoms with Gasteiger partial charge in [-0.25, -0.2) is 4.98 Å². The number of aromatic nitrogens is 1. The molecule has 0 amide bonds. The molecule has 9 aromatic rings. The molecule has 0 N–H and O–H groups in total. The summed E-state index contributed by atoms with van der Waals surface area (Å²) in [5, 5.41) is 2.29. The third kappa shape index (κ3) is 3.60. The fourth-order valence-corrected chi connectivity index (χ4v) is 8.89. The Morgan fingerprint density at radius 2 is 0.980 bits per heavy atom. The molecule has 0 radical (unpaired) electrons. The second-order valence-electron chi connectivity index (χ2n) is 13.4. The molecule has 2 nitrogen and oxygen atoms in total. The van der Waals surface area contributed by atoms with Crippen LogP contribution >= 0.6 is 0 Å². The summed E-state index contributed by atoms with van der Waals surface area (Å²) in [5.41, 5.74) is 16.9. The van der Waals surface area contributed by atoms with Crippen molar-refractivity contribution in [3.05, 3.63) is 198 Å². The van der Waals surface area contributed by atoms with Crippen LogP contribution < -0.4 is 0 Å². The van der Waals surface area contributed by atoms with Gasteiger partial charge >= 0.3 is 0 Å². The number of para-hydroxylation sites is 2. The van der Waals surface area contributed by atoms with Crippen LogP contribution in [-0.2, 0) is 5.41 Å². The van der Waals surface area contributed by atoms with Crippen LogP contribution in [0.25, 0.3) is 77.8 Å². The highest BCUT2D eigenvalue weighted by molar-refractivity contribution is 6.05. The van der Waals surface area contributed by atoms with E-state index in [2.05, 4.69) is 176 Å². The van der Waals surface area contributed by atoms with Crippen LogP contribution in [-0.4, -0.2) is 4.98 Å². The summed E-state index contributed by atoms with van der Waals surface area (Å²) in [7, 11) is 0. The molecule has 0 saturated heterocycles. The molecule has 50 heavy (non-hydrogen) atoms. The third-order valence-electron chi connectivity index (χ3n) is 10.9. The van der Waals surface area contributed by atoms with Gasteiger partial charge in [-0.05, 0) is 68.3 Å². The Morgan fingerprint density at radius 1 is 0.400 bits per heavy atom. The first-order valence-corrected chi connectivity index (χ1v) is 17.2. The Labute approximate surface area is 290 Å². The first kappa shape index (κ1) is 27.4. The molecule has 2 aliphatic carbocycles. The van der Waals surface area contributed by atoms with E-state index in [1.807, 2.05) is 0 Å². The number of benzene rings is 7. The molecule has 0 unspecified atom stereocenters. The number of fused-ring (bicyclic) bond motifs is 13. The second kappa shape index (κ2) is 10.2. The quantitative estimate of drug-likeness (QED) is 0.193. The predicted octanol–water partition coefficient (Wildman–Crippen LogP) is 12.3. The molecule has 0 bridgehead atoms. The van der Waals surface area contributed by atoms with Gasteiger partial charge in [0.1, 0.15) is 11.3 Å². The van der Waals surface area contributed by atoms with Crippen molar-refractivity contribution in [1.82, 2.24) is 4.98 Å². The molecule has 11 rings (SSSR count). The van der Waals surface area contributed by atoms with Crippen LogP contribution in [0.1, 0.15) is 22.3 Å². The smallest absolute Gasteiger partial charge is 0.140 e. The molecule has 1 spiro atoms. The third-order valence-corrected chi connectivity index (χ3v) is 10.9. The highest BCUT2D eigenvalue weighted by Gasteiger charge is 2.55. The lowest BCUT2D eigenvalue weighted by Crippen LogP contribution is -2.26. The lowest BCUT2D eigenvalue weighted by Gasteiger charge is -2.31. The van der Waals surface area contributed by atoms with Crippen LogP contribution in [0.3, 0.4) is 0 Å². The molecule has 2 heteroatoms. The van der Waals surface area contributed by atoms with Gasteiger partial charge in [0.15, 0.2) is 0 Å². The van der Waals surface area contributed by atoms with Gasteiger partial charge in [-0.1, -0.05) is 158 Å². The van der Waals surface area contributed by atoms with Crippen molar-refractivity contribution in [2.24, 2.45) is 0 Å². The van der Waals surface area contributed by atoms with Gasteiger partial charge in [0.2, 0.25) is 0 Å². The van der Waals surface area contributed by atoms with E-state index in [9.17, 15) is 0 Å². The first-order valence-electron chi connectivity index (χ1n) is 17.2. The van der Waals surface area contributed by atoms with E-state index in [0.717, 1.165) is 44.5 Å². The Hall–Kier alpha value is -6.51. The van der Waals surface area contributed by atoms with E-state index in [-0.39, 0.29) is 0 Å². The highest BCUT2D eigenvalue weighted by atomic mass is 16.3. The van der Waals surface area contributed by atoms with Gasteiger partial charge in [0, 0.05) is 27.5 Å². The number of nitrogens with zero attached hydrogens (tertiary/aromatic N) is 1. The maximum Gasteiger partial charge on any atom is 0.140 e. The molecule has 2 heterocycles. The number of hydrogen-bond acceptors (Lipinski definition) is 2. The molecule has 0 atom stereocenters. The minimum Gasteiger partial charge on any atom is -0.456 e. The van der Waals surface area contributed by atoms with Crippen LogP contribution in [0, 0.1) is 0 Å². The molecular formula is C48H29NO. The first-order chi connectivity index (χ1) is 24.8. The summed E-state index contributed by atoms with van der Waals surface area (Å²) in [6, 6.07) is 63.4. The summed E-state index contributed by atoms with van der Waals surface area (Å²) in [4.78, 5) is 5.42. The maximum atomic E-state index is 6.84. The summed E-state index contributed by atoms with van der Waals surface area (Å²) in [5.74, 6) is 0.951. The summed E-state index contributed by atoms with van der Waals surface area (Å²) < 4.78 is 6.84. The maximum absolute atomic E-state index is 6.84. The van der Waals surface area contributed by atoms with Gasteiger partial charge in [0.05, 0.1) is 16.6 Å². The number of furan rings is 1. The topological polar surface area (TPSA) is 26.0 Å². The van der Waals surface area contributed by atoms with E-state index >= 15 is 0 Å². The minimum absolute atomic E-state index is 0.564.